The molecule has 0 aliphatic heterocycles. The smallest absolute Gasteiger partial charge is 0.335 e. The van der Waals surface area contributed by atoms with E-state index in [4.69, 9.17) is 10.2 Å². The van der Waals surface area contributed by atoms with E-state index in [9.17, 15) is 14.7 Å². The third kappa shape index (κ3) is 2.71. The van der Waals surface area contributed by atoms with Crippen molar-refractivity contribution >= 4 is 11.8 Å². The summed E-state index contributed by atoms with van der Waals surface area (Å²) in [5.41, 5.74) is 0.199. The van der Waals surface area contributed by atoms with Gasteiger partial charge in [0.05, 0.1) is 5.56 Å². The molecule has 0 aliphatic rings. The maximum atomic E-state index is 12.1. The van der Waals surface area contributed by atoms with Gasteiger partial charge in [-0.2, -0.15) is 0 Å². The lowest BCUT2D eigenvalue weighted by Gasteiger charge is -2.04. The van der Waals surface area contributed by atoms with Crippen LogP contribution in [0.5, 0.6) is 11.5 Å². The second-order valence-corrected chi connectivity index (χ2v) is 3.95. The zero-order valence-electron chi connectivity index (χ0n) is 9.70. The highest BCUT2D eigenvalue weighted by molar-refractivity contribution is 6.10. The van der Waals surface area contributed by atoms with Crippen molar-refractivity contribution in [2.24, 2.45) is 0 Å². The maximum Gasteiger partial charge on any atom is 0.335 e. The van der Waals surface area contributed by atoms with Gasteiger partial charge in [0.1, 0.15) is 11.5 Å². The quantitative estimate of drug-likeness (QED) is 0.732. The van der Waals surface area contributed by atoms with Crippen molar-refractivity contribution in [3.63, 3.8) is 0 Å². The van der Waals surface area contributed by atoms with Crippen LogP contribution >= 0.6 is 0 Å². The predicted molar refractivity (Wildman–Crippen MR) is 66.6 cm³/mol. The number of carboxylic acids is 1. The van der Waals surface area contributed by atoms with Crippen LogP contribution < -0.4 is 0 Å². The number of hydrogen-bond acceptors (Lipinski definition) is 4. The van der Waals surface area contributed by atoms with Crippen molar-refractivity contribution in [3.05, 3.63) is 59.2 Å². The molecule has 0 heterocycles. The molecule has 0 radical (unpaired) electrons. The fourth-order valence-electron chi connectivity index (χ4n) is 1.65. The van der Waals surface area contributed by atoms with Gasteiger partial charge in [-0.1, -0.05) is 0 Å². The molecule has 0 aromatic heterocycles. The molecule has 0 spiro atoms. The number of carboxylic acid groups (broad SMARTS) is 1. The van der Waals surface area contributed by atoms with Crippen LogP contribution in [0.3, 0.4) is 0 Å². The van der Waals surface area contributed by atoms with Gasteiger partial charge in [-0.25, -0.2) is 4.79 Å². The third-order valence-corrected chi connectivity index (χ3v) is 2.56. The number of ketones is 1. The predicted octanol–water partition coefficient (Wildman–Crippen LogP) is 2.03. The van der Waals surface area contributed by atoms with Gasteiger partial charge >= 0.3 is 5.97 Å². The first-order valence-corrected chi connectivity index (χ1v) is 5.38. The molecule has 96 valence electrons. The maximum absolute atomic E-state index is 12.1. The van der Waals surface area contributed by atoms with Crippen molar-refractivity contribution in [2.45, 2.75) is 0 Å². The van der Waals surface area contributed by atoms with E-state index in [0.717, 1.165) is 6.07 Å². The number of aromatic carboxylic acids is 1. The van der Waals surface area contributed by atoms with E-state index in [2.05, 4.69) is 0 Å². The van der Waals surface area contributed by atoms with Gasteiger partial charge in [-0.05, 0) is 42.5 Å². The molecule has 5 nitrogen and oxygen atoms in total. The Balaban J connectivity index is 2.44. The molecule has 0 fully saturated rings. The average molecular weight is 258 g/mol. The molecule has 0 unspecified atom stereocenters. The van der Waals surface area contributed by atoms with Gasteiger partial charge in [0, 0.05) is 11.1 Å². The van der Waals surface area contributed by atoms with Crippen molar-refractivity contribution in [3.8, 4) is 11.5 Å². The molecule has 5 heteroatoms. The SMILES string of the molecule is O=C(O)c1cc(O)cc(C(=O)c2ccc(O)cc2)c1. The summed E-state index contributed by atoms with van der Waals surface area (Å²) < 4.78 is 0. The summed E-state index contributed by atoms with van der Waals surface area (Å²) in [6.45, 7) is 0. The Labute approximate surface area is 108 Å². The highest BCUT2D eigenvalue weighted by atomic mass is 16.4. The van der Waals surface area contributed by atoms with Crippen molar-refractivity contribution in [1.82, 2.24) is 0 Å². The van der Waals surface area contributed by atoms with E-state index >= 15 is 0 Å². The lowest BCUT2D eigenvalue weighted by molar-refractivity contribution is 0.0696. The Kier molecular flexibility index (Phi) is 3.20. The monoisotopic (exact) mass is 258 g/mol. The minimum Gasteiger partial charge on any atom is -0.508 e. The molecule has 0 bridgehead atoms. The Bertz CT molecular complexity index is 643. The Morgan fingerprint density at radius 1 is 0.737 bits per heavy atom. The normalized spacial score (nSPS) is 10.1. The largest absolute Gasteiger partial charge is 0.508 e. The first kappa shape index (κ1) is 12.6. The number of carbonyl (C=O) groups excluding carboxylic acids is 1. The van der Waals surface area contributed by atoms with Crippen LogP contribution in [-0.2, 0) is 0 Å². The number of benzene rings is 2. The first-order valence-electron chi connectivity index (χ1n) is 5.38. The molecular formula is C14H10O5. The van der Waals surface area contributed by atoms with Crippen LogP contribution in [0.2, 0.25) is 0 Å². The summed E-state index contributed by atoms with van der Waals surface area (Å²) in [5, 5.41) is 27.4. The van der Waals surface area contributed by atoms with Crippen molar-refractivity contribution < 1.29 is 24.9 Å². The molecule has 2 rings (SSSR count). The van der Waals surface area contributed by atoms with Gasteiger partial charge in [-0.15, -0.1) is 0 Å². The number of phenols is 2. The summed E-state index contributed by atoms with van der Waals surface area (Å²) in [6.07, 6.45) is 0. The van der Waals surface area contributed by atoms with E-state index in [0.29, 0.717) is 5.56 Å². The average Bonchev–Trinajstić information content (AvgIpc) is 2.38. The highest BCUT2D eigenvalue weighted by Gasteiger charge is 2.13. The van der Waals surface area contributed by atoms with E-state index in [1.807, 2.05) is 0 Å². The van der Waals surface area contributed by atoms with Gasteiger partial charge in [0.15, 0.2) is 5.78 Å². The second-order valence-electron chi connectivity index (χ2n) is 3.95. The van der Waals surface area contributed by atoms with Crippen molar-refractivity contribution in [2.75, 3.05) is 0 Å². The lowest BCUT2D eigenvalue weighted by atomic mass is 10.0. The minimum atomic E-state index is -1.23. The molecule has 0 atom stereocenters. The van der Waals surface area contributed by atoms with Crippen LogP contribution in [0.15, 0.2) is 42.5 Å². The molecule has 0 amide bonds. The summed E-state index contributed by atoms with van der Waals surface area (Å²) >= 11 is 0. The van der Waals surface area contributed by atoms with Crippen LogP contribution in [0.1, 0.15) is 26.3 Å². The Morgan fingerprint density at radius 2 is 1.32 bits per heavy atom. The van der Waals surface area contributed by atoms with E-state index in [-0.39, 0.29) is 22.6 Å². The van der Waals surface area contributed by atoms with E-state index in [1.54, 1.807) is 0 Å². The van der Waals surface area contributed by atoms with E-state index < -0.39 is 11.8 Å². The molecule has 0 saturated carbocycles. The highest BCUT2D eigenvalue weighted by Crippen LogP contribution is 2.20. The van der Waals surface area contributed by atoms with Gasteiger partial charge in [-0.3, -0.25) is 4.79 Å². The van der Waals surface area contributed by atoms with E-state index in [1.165, 1.54) is 36.4 Å². The fraction of sp³-hybridized carbons (Fsp3) is 0. The van der Waals surface area contributed by atoms with Gasteiger partial charge in [0.25, 0.3) is 0 Å². The summed E-state index contributed by atoms with van der Waals surface area (Å²) in [6, 6.07) is 9.00. The topological polar surface area (TPSA) is 94.8 Å². The number of rotatable bonds is 3. The molecular weight excluding hydrogens is 248 g/mol. The Morgan fingerprint density at radius 3 is 1.89 bits per heavy atom. The lowest BCUT2D eigenvalue weighted by Crippen LogP contribution is -2.04. The molecule has 0 aliphatic carbocycles. The zero-order chi connectivity index (χ0) is 14.0. The summed E-state index contributed by atoms with van der Waals surface area (Å²) in [7, 11) is 0. The van der Waals surface area contributed by atoms with Crippen LogP contribution in [0.25, 0.3) is 0 Å². The first-order chi connectivity index (χ1) is 8.97. The molecule has 19 heavy (non-hydrogen) atoms. The summed E-state index contributed by atoms with van der Waals surface area (Å²) in [4.78, 5) is 23.0. The standard InChI is InChI=1S/C14H10O5/c15-11-3-1-8(2-4-11)13(17)9-5-10(14(18)19)7-12(16)6-9/h1-7,15-16H,(H,18,19). The van der Waals surface area contributed by atoms with Crippen LogP contribution in [0, 0.1) is 0 Å². The number of hydrogen-bond donors (Lipinski definition) is 3. The summed E-state index contributed by atoms with van der Waals surface area (Å²) in [5.74, 6) is -1.92. The molecule has 2 aromatic rings. The number of phenolic OH excluding ortho intramolecular Hbond substituents is 2. The number of aromatic hydroxyl groups is 2. The molecule has 2 aromatic carbocycles. The van der Waals surface area contributed by atoms with Crippen LogP contribution in [-0.4, -0.2) is 27.1 Å². The van der Waals surface area contributed by atoms with Crippen LogP contribution in [0.4, 0.5) is 0 Å². The number of carbonyl (C=O) groups is 2. The molecule has 3 N–H and O–H groups in total. The third-order valence-electron chi connectivity index (χ3n) is 2.56. The second kappa shape index (κ2) is 4.81. The fourth-order valence-corrected chi connectivity index (χ4v) is 1.65. The Hall–Kier alpha value is -2.82. The zero-order valence-corrected chi connectivity index (χ0v) is 9.70. The molecule has 0 saturated heterocycles. The minimum absolute atomic E-state index is 0.0266. The van der Waals surface area contributed by atoms with Gasteiger partial charge in [0.2, 0.25) is 0 Å². The van der Waals surface area contributed by atoms with Crippen molar-refractivity contribution in [1.29, 1.82) is 0 Å². The van der Waals surface area contributed by atoms with Gasteiger partial charge < -0.3 is 15.3 Å².